The third kappa shape index (κ3) is 4.65. The van der Waals surface area contributed by atoms with Crippen LogP contribution in [0, 0.1) is 0 Å². The third-order valence-corrected chi connectivity index (χ3v) is 3.25. The van der Waals surface area contributed by atoms with Crippen LogP contribution in [0.3, 0.4) is 0 Å². The van der Waals surface area contributed by atoms with Crippen LogP contribution in [0.5, 0.6) is 0 Å². The van der Waals surface area contributed by atoms with Crippen LogP contribution in [0.2, 0.25) is 0 Å². The smallest absolute Gasteiger partial charge is 0.250 e. The van der Waals surface area contributed by atoms with Gasteiger partial charge in [-0.05, 0) is 41.9 Å². The summed E-state index contributed by atoms with van der Waals surface area (Å²) in [5.41, 5.74) is 0.843. The van der Waals surface area contributed by atoms with Crippen LogP contribution in [-0.2, 0) is 4.79 Å². The molecular formula is C14H12N2OS2. The predicted octanol–water partition coefficient (Wildman–Crippen LogP) is 3.27. The molecule has 0 spiro atoms. The second kappa shape index (κ2) is 6.82. The molecule has 19 heavy (non-hydrogen) atoms. The Kier molecular flexibility index (Phi) is 4.83. The molecule has 0 radical (unpaired) electrons. The molecular weight excluding hydrogens is 276 g/mol. The first-order valence-corrected chi connectivity index (χ1v) is 6.91. The molecule has 2 N–H and O–H groups in total. The first kappa shape index (κ1) is 13.5. The Morgan fingerprint density at radius 2 is 1.95 bits per heavy atom. The van der Waals surface area contributed by atoms with Crippen LogP contribution < -0.4 is 10.6 Å². The van der Waals surface area contributed by atoms with Gasteiger partial charge in [0.2, 0.25) is 5.91 Å². The number of carbonyl (C=O) groups is 1. The maximum atomic E-state index is 11.6. The zero-order valence-corrected chi connectivity index (χ0v) is 11.6. The number of carbonyl (C=O) groups excluding carboxylic acids is 1. The molecule has 96 valence electrons. The fourth-order valence-corrected chi connectivity index (χ4v) is 2.22. The molecule has 0 atom stereocenters. The average Bonchev–Trinajstić information content (AvgIpc) is 2.90. The van der Waals surface area contributed by atoms with Gasteiger partial charge in [-0.3, -0.25) is 10.1 Å². The molecule has 1 heterocycles. The number of amides is 1. The highest BCUT2D eigenvalue weighted by Gasteiger charge is 2.01. The van der Waals surface area contributed by atoms with Gasteiger partial charge in [0.25, 0.3) is 0 Å². The van der Waals surface area contributed by atoms with Crippen LogP contribution in [0.25, 0.3) is 6.08 Å². The number of anilines is 1. The molecule has 0 fully saturated rings. The summed E-state index contributed by atoms with van der Waals surface area (Å²) in [6, 6.07) is 13.3. The van der Waals surface area contributed by atoms with Gasteiger partial charge in [-0.2, -0.15) is 0 Å². The highest BCUT2D eigenvalue weighted by Crippen LogP contribution is 2.09. The summed E-state index contributed by atoms with van der Waals surface area (Å²) in [5, 5.41) is 7.77. The van der Waals surface area contributed by atoms with Crippen molar-refractivity contribution < 1.29 is 4.79 Å². The van der Waals surface area contributed by atoms with Crippen LogP contribution in [0.1, 0.15) is 4.88 Å². The van der Waals surface area contributed by atoms with E-state index in [0.717, 1.165) is 10.6 Å². The van der Waals surface area contributed by atoms with Gasteiger partial charge in [0, 0.05) is 16.6 Å². The second-order valence-electron chi connectivity index (χ2n) is 3.66. The molecule has 0 aliphatic rings. The fraction of sp³-hybridized carbons (Fsp3) is 0. The highest BCUT2D eigenvalue weighted by molar-refractivity contribution is 7.80. The lowest BCUT2D eigenvalue weighted by Crippen LogP contribution is -2.32. The molecule has 1 amide bonds. The van der Waals surface area contributed by atoms with E-state index in [-0.39, 0.29) is 11.0 Å². The van der Waals surface area contributed by atoms with Crippen molar-refractivity contribution in [3.05, 3.63) is 58.8 Å². The molecule has 5 heteroatoms. The van der Waals surface area contributed by atoms with Gasteiger partial charge in [0.05, 0.1) is 0 Å². The summed E-state index contributed by atoms with van der Waals surface area (Å²) >= 11 is 6.62. The van der Waals surface area contributed by atoms with Crippen LogP contribution in [-0.4, -0.2) is 11.0 Å². The van der Waals surface area contributed by atoms with Gasteiger partial charge in [-0.25, -0.2) is 0 Å². The lowest BCUT2D eigenvalue weighted by molar-refractivity contribution is -0.115. The first-order chi connectivity index (χ1) is 9.24. The van der Waals surface area contributed by atoms with Gasteiger partial charge in [0.1, 0.15) is 0 Å². The van der Waals surface area contributed by atoms with E-state index in [1.165, 1.54) is 6.08 Å². The minimum atomic E-state index is -0.248. The topological polar surface area (TPSA) is 41.1 Å². The number of thiophene rings is 1. The van der Waals surface area contributed by atoms with Crippen molar-refractivity contribution in [2.24, 2.45) is 0 Å². The lowest BCUT2D eigenvalue weighted by atomic mass is 10.3. The summed E-state index contributed by atoms with van der Waals surface area (Å²) in [4.78, 5) is 12.6. The van der Waals surface area contributed by atoms with Crippen LogP contribution in [0.4, 0.5) is 5.69 Å². The SMILES string of the molecule is O=C(/C=C/c1cccs1)NC(=S)Nc1ccccc1. The molecule has 0 aliphatic heterocycles. The summed E-state index contributed by atoms with van der Waals surface area (Å²) in [5.74, 6) is -0.248. The van der Waals surface area contributed by atoms with Crippen molar-refractivity contribution in [2.75, 3.05) is 5.32 Å². The monoisotopic (exact) mass is 288 g/mol. The Bertz CT molecular complexity index is 577. The van der Waals surface area contributed by atoms with E-state index in [2.05, 4.69) is 10.6 Å². The number of thiocarbonyl (C=S) groups is 1. The summed E-state index contributed by atoms with van der Waals surface area (Å²) in [6.07, 6.45) is 3.22. The zero-order chi connectivity index (χ0) is 13.5. The van der Waals surface area contributed by atoms with Crippen molar-refractivity contribution in [3.63, 3.8) is 0 Å². The largest absolute Gasteiger partial charge is 0.332 e. The van der Waals surface area contributed by atoms with Crippen molar-refractivity contribution in [1.82, 2.24) is 5.32 Å². The Morgan fingerprint density at radius 1 is 1.16 bits per heavy atom. The molecule has 2 rings (SSSR count). The van der Waals surface area contributed by atoms with Gasteiger partial charge in [0.15, 0.2) is 5.11 Å². The molecule has 1 aromatic carbocycles. The Labute approximate surface area is 121 Å². The van der Waals surface area contributed by atoms with E-state index in [9.17, 15) is 4.79 Å². The van der Waals surface area contributed by atoms with Crippen molar-refractivity contribution in [3.8, 4) is 0 Å². The van der Waals surface area contributed by atoms with Crippen LogP contribution >= 0.6 is 23.6 Å². The third-order valence-electron chi connectivity index (χ3n) is 2.21. The normalized spacial score (nSPS) is 10.3. The standard InChI is InChI=1S/C14H12N2OS2/c17-13(9-8-12-7-4-10-19-12)16-14(18)15-11-5-2-1-3-6-11/h1-10H,(H2,15,16,17,18)/b9-8+. The van der Waals surface area contributed by atoms with E-state index >= 15 is 0 Å². The quantitative estimate of drug-likeness (QED) is 0.673. The van der Waals surface area contributed by atoms with Gasteiger partial charge in [-0.1, -0.05) is 24.3 Å². The van der Waals surface area contributed by atoms with Crippen molar-refractivity contribution >= 4 is 46.3 Å². The summed E-state index contributed by atoms with van der Waals surface area (Å²) in [6.45, 7) is 0. The molecule has 1 aromatic heterocycles. The Morgan fingerprint density at radius 3 is 2.63 bits per heavy atom. The summed E-state index contributed by atoms with van der Waals surface area (Å²) < 4.78 is 0. The zero-order valence-electron chi connectivity index (χ0n) is 10.00. The van der Waals surface area contributed by atoms with Gasteiger partial charge < -0.3 is 5.32 Å². The Hall–Kier alpha value is -1.98. The number of rotatable bonds is 3. The number of hydrogen-bond donors (Lipinski definition) is 2. The average molecular weight is 288 g/mol. The van der Waals surface area contributed by atoms with Crippen LogP contribution in [0.15, 0.2) is 53.9 Å². The van der Waals surface area contributed by atoms with Gasteiger partial charge >= 0.3 is 0 Å². The fourth-order valence-electron chi connectivity index (χ4n) is 1.38. The van der Waals surface area contributed by atoms with Gasteiger partial charge in [-0.15, -0.1) is 11.3 Å². The molecule has 0 saturated heterocycles. The maximum Gasteiger partial charge on any atom is 0.250 e. The maximum absolute atomic E-state index is 11.6. The van der Waals surface area contributed by atoms with E-state index < -0.39 is 0 Å². The molecule has 2 aromatic rings. The van der Waals surface area contributed by atoms with Crippen molar-refractivity contribution in [1.29, 1.82) is 0 Å². The highest BCUT2D eigenvalue weighted by atomic mass is 32.1. The Balaban J connectivity index is 1.84. The molecule has 0 bridgehead atoms. The van der Waals surface area contributed by atoms with E-state index in [4.69, 9.17) is 12.2 Å². The van der Waals surface area contributed by atoms with E-state index in [1.807, 2.05) is 47.8 Å². The molecule has 0 unspecified atom stereocenters. The molecule has 0 aliphatic carbocycles. The molecule has 3 nitrogen and oxygen atoms in total. The molecule has 0 saturated carbocycles. The first-order valence-electron chi connectivity index (χ1n) is 5.62. The minimum absolute atomic E-state index is 0.248. The number of hydrogen-bond acceptors (Lipinski definition) is 3. The summed E-state index contributed by atoms with van der Waals surface area (Å²) in [7, 11) is 0. The number of benzene rings is 1. The van der Waals surface area contributed by atoms with E-state index in [0.29, 0.717) is 0 Å². The minimum Gasteiger partial charge on any atom is -0.332 e. The second-order valence-corrected chi connectivity index (χ2v) is 5.05. The van der Waals surface area contributed by atoms with Crippen molar-refractivity contribution in [2.45, 2.75) is 0 Å². The lowest BCUT2D eigenvalue weighted by Gasteiger charge is -2.07. The van der Waals surface area contributed by atoms with E-state index in [1.54, 1.807) is 17.4 Å². The number of para-hydroxylation sites is 1. The predicted molar refractivity (Wildman–Crippen MR) is 84.2 cm³/mol. The number of nitrogens with one attached hydrogen (secondary N) is 2.